The maximum Gasteiger partial charge on any atom is 0.310 e. The van der Waals surface area contributed by atoms with Crippen LogP contribution >= 0.6 is 0 Å². The number of halogens is 4. The van der Waals surface area contributed by atoms with Gasteiger partial charge in [-0.05, 0) is 0 Å². The van der Waals surface area contributed by atoms with Gasteiger partial charge in [-0.2, -0.15) is 0 Å². The molecule has 5 heteroatoms. The summed E-state index contributed by atoms with van der Waals surface area (Å²) in [6, 6.07) is 0. The third-order valence-electron chi connectivity index (χ3n) is 0.990. The van der Waals surface area contributed by atoms with Crippen LogP contribution in [0.1, 0.15) is 6.42 Å². The Bertz CT molecular complexity index is 124. The lowest BCUT2D eigenvalue weighted by atomic mass is 10.2. The number of ether oxygens (including phenoxy) is 1. The first-order valence-corrected chi connectivity index (χ1v) is 2.89. The average molecular weight is 172 g/mol. The Morgan fingerprint density at radius 2 is 2.00 bits per heavy atom. The highest BCUT2D eigenvalue weighted by molar-refractivity contribution is 4.68. The summed E-state index contributed by atoms with van der Waals surface area (Å²) < 4.78 is 51.1. The molecule has 0 fully saturated rings. The summed E-state index contributed by atoms with van der Waals surface area (Å²) in [5, 5.41) is 0. The first-order chi connectivity index (χ1) is 5.00. The van der Waals surface area contributed by atoms with Crippen molar-refractivity contribution in [2.45, 2.75) is 18.8 Å². The van der Waals surface area contributed by atoms with Gasteiger partial charge in [0.15, 0.2) is 0 Å². The van der Waals surface area contributed by atoms with Crippen LogP contribution in [0.4, 0.5) is 17.6 Å². The highest BCUT2D eigenvalue weighted by atomic mass is 19.3. The third-order valence-corrected chi connectivity index (χ3v) is 0.990. The van der Waals surface area contributed by atoms with E-state index in [0.29, 0.717) is 0 Å². The average Bonchev–Trinajstić information content (AvgIpc) is 1.88. The van der Waals surface area contributed by atoms with Gasteiger partial charge in [0.25, 0.3) is 0 Å². The zero-order valence-electron chi connectivity index (χ0n) is 5.70. The molecule has 11 heavy (non-hydrogen) atoms. The SMILES string of the molecule is C=COCCC(F)(F)C(F)F. The van der Waals surface area contributed by atoms with E-state index < -0.39 is 25.4 Å². The Kier molecular flexibility index (Phi) is 3.92. The summed E-state index contributed by atoms with van der Waals surface area (Å²) in [5.74, 6) is -3.96. The predicted octanol–water partition coefficient (Wildman–Crippen LogP) is 2.44. The van der Waals surface area contributed by atoms with E-state index in [1.54, 1.807) is 0 Å². The Balaban J connectivity index is 3.63. The molecule has 0 aromatic rings. The van der Waals surface area contributed by atoms with Crippen molar-refractivity contribution in [3.63, 3.8) is 0 Å². The van der Waals surface area contributed by atoms with Crippen LogP contribution in [0.25, 0.3) is 0 Å². The van der Waals surface area contributed by atoms with Gasteiger partial charge in [0.1, 0.15) is 0 Å². The van der Waals surface area contributed by atoms with E-state index in [2.05, 4.69) is 11.3 Å². The molecule has 0 bridgehead atoms. The van der Waals surface area contributed by atoms with Crippen LogP contribution in [0.3, 0.4) is 0 Å². The third kappa shape index (κ3) is 3.85. The van der Waals surface area contributed by atoms with Crippen molar-refractivity contribution in [1.82, 2.24) is 0 Å². The van der Waals surface area contributed by atoms with E-state index in [1.807, 2.05) is 0 Å². The van der Waals surface area contributed by atoms with Crippen LogP contribution in [0.15, 0.2) is 12.8 Å². The Hall–Kier alpha value is -0.740. The second-order valence-electron chi connectivity index (χ2n) is 1.85. The minimum atomic E-state index is -3.96. The van der Waals surface area contributed by atoms with Crippen molar-refractivity contribution in [3.8, 4) is 0 Å². The molecule has 0 radical (unpaired) electrons. The molecule has 0 aromatic heterocycles. The maximum atomic E-state index is 12.0. The molecule has 0 N–H and O–H groups in total. The molecule has 66 valence electrons. The summed E-state index contributed by atoms with van der Waals surface area (Å²) in [4.78, 5) is 0. The Morgan fingerprint density at radius 1 is 1.45 bits per heavy atom. The molecule has 0 atom stereocenters. The summed E-state index contributed by atoms with van der Waals surface area (Å²) in [6.07, 6.45) is -3.69. The highest BCUT2D eigenvalue weighted by Gasteiger charge is 2.40. The number of hydrogen-bond donors (Lipinski definition) is 0. The maximum absolute atomic E-state index is 12.0. The number of hydrogen-bond acceptors (Lipinski definition) is 1. The molecule has 0 unspecified atom stereocenters. The molecule has 1 nitrogen and oxygen atoms in total. The van der Waals surface area contributed by atoms with E-state index in [1.165, 1.54) is 0 Å². The molecule has 0 aliphatic carbocycles. The van der Waals surface area contributed by atoms with Gasteiger partial charge in [-0.1, -0.05) is 6.58 Å². The van der Waals surface area contributed by atoms with Gasteiger partial charge in [-0.15, -0.1) is 0 Å². The minimum absolute atomic E-state index is 0.444. The largest absolute Gasteiger partial charge is 0.502 e. The van der Waals surface area contributed by atoms with Gasteiger partial charge < -0.3 is 4.74 Å². The molecule has 0 spiro atoms. The first-order valence-electron chi connectivity index (χ1n) is 2.89. The highest BCUT2D eigenvalue weighted by Crippen LogP contribution is 2.26. The lowest BCUT2D eigenvalue weighted by Gasteiger charge is -2.13. The lowest BCUT2D eigenvalue weighted by Crippen LogP contribution is -2.27. The molecule has 0 aliphatic rings. The molecule has 0 rings (SSSR count). The molecular formula is C6H8F4O. The van der Waals surface area contributed by atoms with Crippen molar-refractivity contribution >= 4 is 0 Å². The van der Waals surface area contributed by atoms with Crippen molar-refractivity contribution in [2.24, 2.45) is 0 Å². The van der Waals surface area contributed by atoms with Gasteiger partial charge in [-0.25, -0.2) is 17.6 Å². The predicted molar refractivity (Wildman–Crippen MR) is 31.7 cm³/mol. The normalized spacial score (nSPS) is 11.7. The van der Waals surface area contributed by atoms with Gasteiger partial charge in [-0.3, -0.25) is 0 Å². The molecule has 0 aromatic carbocycles. The standard InChI is InChI=1S/C6H8F4O/c1-2-11-4-3-6(9,10)5(7)8/h2,5H,1,3-4H2. The summed E-state index contributed by atoms with van der Waals surface area (Å²) in [7, 11) is 0. The van der Waals surface area contributed by atoms with E-state index >= 15 is 0 Å². The van der Waals surface area contributed by atoms with E-state index in [4.69, 9.17) is 0 Å². The zero-order chi connectivity index (χ0) is 8.91. The molecule has 0 saturated carbocycles. The Labute approximate surface area is 61.7 Å². The second-order valence-corrected chi connectivity index (χ2v) is 1.85. The summed E-state index contributed by atoms with van der Waals surface area (Å²) >= 11 is 0. The van der Waals surface area contributed by atoms with Crippen LogP contribution in [0.2, 0.25) is 0 Å². The first kappa shape index (κ1) is 10.3. The molecule has 0 aliphatic heterocycles. The van der Waals surface area contributed by atoms with Gasteiger partial charge in [0, 0.05) is 0 Å². The zero-order valence-corrected chi connectivity index (χ0v) is 5.70. The topological polar surface area (TPSA) is 9.23 Å². The van der Waals surface area contributed by atoms with Gasteiger partial charge >= 0.3 is 12.3 Å². The Morgan fingerprint density at radius 3 is 2.36 bits per heavy atom. The second kappa shape index (κ2) is 4.20. The van der Waals surface area contributed by atoms with Gasteiger partial charge in [0.05, 0.1) is 19.3 Å². The fraction of sp³-hybridized carbons (Fsp3) is 0.667. The molecule has 0 heterocycles. The van der Waals surface area contributed by atoms with Crippen LogP contribution < -0.4 is 0 Å². The smallest absolute Gasteiger partial charge is 0.310 e. The van der Waals surface area contributed by atoms with Crippen molar-refractivity contribution in [3.05, 3.63) is 12.8 Å². The van der Waals surface area contributed by atoms with E-state index in [-0.39, 0.29) is 0 Å². The van der Waals surface area contributed by atoms with E-state index in [9.17, 15) is 17.6 Å². The summed E-state index contributed by atoms with van der Waals surface area (Å²) in [6.45, 7) is 2.63. The number of rotatable bonds is 5. The lowest BCUT2D eigenvalue weighted by molar-refractivity contribution is -0.138. The summed E-state index contributed by atoms with van der Waals surface area (Å²) in [5.41, 5.74) is 0. The van der Waals surface area contributed by atoms with Crippen molar-refractivity contribution in [2.75, 3.05) is 6.61 Å². The van der Waals surface area contributed by atoms with Crippen LogP contribution in [0, 0.1) is 0 Å². The van der Waals surface area contributed by atoms with Crippen LogP contribution in [0.5, 0.6) is 0 Å². The van der Waals surface area contributed by atoms with Crippen molar-refractivity contribution in [1.29, 1.82) is 0 Å². The molecular weight excluding hydrogens is 164 g/mol. The van der Waals surface area contributed by atoms with Crippen LogP contribution in [-0.4, -0.2) is 19.0 Å². The van der Waals surface area contributed by atoms with Crippen molar-refractivity contribution < 1.29 is 22.3 Å². The van der Waals surface area contributed by atoms with Crippen LogP contribution in [-0.2, 0) is 4.74 Å². The monoisotopic (exact) mass is 172 g/mol. The van der Waals surface area contributed by atoms with Gasteiger partial charge in [0.2, 0.25) is 0 Å². The quantitative estimate of drug-likeness (QED) is 0.351. The fourth-order valence-electron chi connectivity index (χ4n) is 0.387. The molecule has 0 amide bonds. The van der Waals surface area contributed by atoms with E-state index in [0.717, 1.165) is 6.26 Å². The molecule has 0 saturated heterocycles. The fourth-order valence-corrected chi connectivity index (χ4v) is 0.387. The number of alkyl halides is 4. The minimum Gasteiger partial charge on any atom is -0.502 e.